The van der Waals surface area contributed by atoms with E-state index in [-0.39, 0.29) is 22.0 Å². The molecule has 30 heavy (non-hydrogen) atoms. The van der Waals surface area contributed by atoms with Crippen molar-refractivity contribution in [3.8, 4) is 0 Å². The number of likely N-dealkylation sites (tertiary alicyclic amines) is 1. The summed E-state index contributed by atoms with van der Waals surface area (Å²) in [6.07, 6.45) is 3.76. The highest BCUT2D eigenvalue weighted by Gasteiger charge is 2.37. The number of hydrogen-bond donors (Lipinski definition) is 1. The van der Waals surface area contributed by atoms with Gasteiger partial charge in [-0.3, -0.25) is 9.52 Å². The number of amides is 1. The van der Waals surface area contributed by atoms with Crippen molar-refractivity contribution in [2.75, 3.05) is 35.8 Å². The number of sulfonamides is 1. The standard InChI is InChI=1S/C22H28N4O3S/c1-16-6-9-20(23-13-16)24-30(28,29)17-7-8-19-18(12-17)22(2,3)15-26(19)14-21(27)25-10-4-5-11-25/h6-9,12-13H,4-5,10-11,14-15H2,1-3H3,(H,23,24). The van der Waals surface area contributed by atoms with Crippen LogP contribution in [0, 0.1) is 6.92 Å². The first-order valence-electron chi connectivity index (χ1n) is 10.3. The number of carbonyl (C=O) groups excluding carboxylic acids is 1. The van der Waals surface area contributed by atoms with Crippen LogP contribution in [0.3, 0.4) is 0 Å². The first-order valence-corrected chi connectivity index (χ1v) is 11.8. The molecule has 160 valence electrons. The topological polar surface area (TPSA) is 82.6 Å². The number of rotatable bonds is 5. The predicted molar refractivity (Wildman–Crippen MR) is 117 cm³/mol. The number of aryl methyl sites for hydroxylation is 1. The summed E-state index contributed by atoms with van der Waals surface area (Å²) in [5.74, 6) is 0.429. The molecule has 0 atom stereocenters. The van der Waals surface area contributed by atoms with E-state index in [2.05, 4.69) is 28.5 Å². The summed E-state index contributed by atoms with van der Waals surface area (Å²) in [5, 5.41) is 0. The number of aromatic nitrogens is 1. The second kappa shape index (κ2) is 7.58. The highest BCUT2D eigenvalue weighted by molar-refractivity contribution is 7.92. The average molecular weight is 429 g/mol. The summed E-state index contributed by atoms with van der Waals surface area (Å²) in [6.45, 7) is 8.73. The Bertz CT molecular complexity index is 1060. The molecule has 1 N–H and O–H groups in total. The number of anilines is 2. The van der Waals surface area contributed by atoms with E-state index >= 15 is 0 Å². The highest BCUT2D eigenvalue weighted by atomic mass is 32.2. The van der Waals surface area contributed by atoms with Crippen LogP contribution in [0.1, 0.15) is 37.8 Å². The lowest BCUT2D eigenvalue weighted by molar-refractivity contribution is -0.128. The van der Waals surface area contributed by atoms with Crippen LogP contribution in [0.15, 0.2) is 41.4 Å². The number of pyridine rings is 1. The first-order chi connectivity index (χ1) is 14.2. The second-order valence-corrected chi connectivity index (χ2v) is 10.5. The number of carbonyl (C=O) groups is 1. The molecule has 0 bridgehead atoms. The van der Waals surface area contributed by atoms with Gasteiger partial charge in [0.2, 0.25) is 5.91 Å². The van der Waals surface area contributed by atoms with Crippen molar-refractivity contribution in [3.63, 3.8) is 0 Å². The van der Waals surface area contributed by atoms with Crippen LogP contribution in [0.2, 0.25) is 0 Å². The molecule has 2 aromatic rings. The maximum absolute atomic E-state index is 12.9. The van der Waals surface area contributed by atoms with E-state index in [0.29, 0.717) is 13.1 Å². The Hall–Kier alpha value is -2.61. The number of fused-ring (bicyclic) bond motifs is 1. The smallest absolute Gasteiger partial charge is 0.263 e. The molecule has 0 radical (unpaired) electrons. The normalized spacial score (nSPS) is 17.8. The van der Waals surface area contributed by atoms with Crippen molar-refractivity contribution in [1.82, 2.24) is 9.88 Å². The van der Waals surface area contributed by atoms with Crippen LogP contribution >= 0.6 is 0 Å². The van der Waals surface area contributed by atoms with Gasteiger partial charge in [-0.25, -0.2) is 13.4 Å². The zero-order valence-electron chi connectivity index (χ0n) is 17.7. The Morgan fingerprint density at radius 1 is 1.17 bits per heavy atom. The van der Waals surface area contributed by atoms with Gasteiger partial charge in [-0.1, -0.05) is 19.9 Å². The van der Waals surface area contributed by atoms with Gasteiger partial charge in [0, 0.05) is 36.9 Å². The number of nitrogens with zero attached hydrogens (tertiary/aromatic N) is 3. The average Bonchev–Trinajstić information content (AvgIpc) is 3.31. The maximum Gasteiger partial charge on any atom is 0.263 e. The first kappa shape index (κ1) is 20.7. The molecule has 1 amide bonds. The zero-order chi connectivity index (χ0) is 21.5. The van der Waals surface area contributed by atoms with E-state index in [9.17, 15) is 13.2 Å². The Kier molecular flexibility index (Phi) is 5.22. The highest BCUT2D eigenvalue weighted by Crippen LogP contribution is 2.41. The van der Waals surface area contributed by atoms with Gasteiger partial charge in [0.25, 0.3) is 10.0 Å². The molecule has 1 aromatic heterocycles. The molecule has 0 aliphatic carbocycles. The predicted octanol–water partition coefficient (Wildman–Crippen LogP) is 2.91. The van der Waals surface area contributed by atoms with Crippen molar-refractivity contribution in [2.24, 2.45) is 0 Å². The lowest BCUT2D eigenvalue weighted by Gasteiger charge is -2.24. The molecule has 0 unspecified atom stereocenters. The lowest BCUT2D eigenvalue weighted by Crippen LogP contribution is -2.40. The summed E-state index contributed by atoms with van der Waals surface area (Å²) < 4.78 is 28.4. The van der Waals surface area contributed by atoms with Crippen molar-refractivity contribution >= 4 is 27.4 Å². The van der Waals surface area contributed by atoms with Gasteiger partial charge in [-0.15, -0.1) is 0 Å². The summed E-state index contributed by atoms with van der Waals surface area (Å²) in [6, 6.07) is 8.61. The molecule has 1 aromatic carbocycles. The molecule has 2 aliphatic rings. The van der Waals surface area contributed by atoms with Crippen LogP contribution in [0.25, 0.3) is 0 Å². The van der Waals surface area contributed by atoms with Gasteiger partial charge in [0.1, 0.15) is 5.82 Å². The van der Waals surface area contributed by atoms with E-state index in [0.717, 1.165) is 42.7 Å². The molecule has 0 spiro atoms. The van der Waals surface area contributed by atoms with Crippen LogP contribution in [0.5, 0.6) is 0 Å². The number of nitrogens with one attached hydrogen (secondary N) is 1. The van der Waals surface area contributed by atoms with Crippen molar-refractivity contribution < 1.29 is 13.2 Å². The fourth-order valence-electron chi connectivity index (χ4n) is 4.24. The van der Waals surface area contributed by atoms with E-state index < -0.39 is 10.0 Å². The van der Waals surface area contributed by atoms with Gasteiger partial charge in [-0.2, -0.15) is 0 Å². The van der Waals surface area contributed by atoms with Crippen LogP contribution < -0.4 is 9.62 Å². The van der Waals surface area contributed by atoms with Gasteiger partial charge in [0.05, 0.1) is 11.4 Å². The number of hydrogen-bond acceptors (Lipinski definition) is 5. The van der Waals surface area contributed by atoms with Gasteiger partial charge in [0.15, 0.2) is 0 Å². The minimum Gasteiger partial charge on any atom is -0.361 e. The Morgan fingerprint density at radius 3 is 2.57 bits per heavy atom. The van der Waals surface area contributed by atoms with Crippen molar-refractivity contribution in [2.45, 2.75) is 43.9 Å². The molecule has 7 nitrogen and oxygen atoms in total. The molecule has 1 saturated heterocycles. The van der Waals surface area contributed by atoms with Gasteiger partial charge >= 0.3 is 0 Å². The van der Waals surface area contributed by atoms with Crippen LogP contribution in [-0.4, -0.2) is 50.4 Å². The third kappa shape index (κ3) is 4.01. The largest absolute Gasteiger partial charge is 0.361 e. The fraction of sp³-hybridized carbons (Fsp3) is 0.455. The molecule has 4 rings (SSSR count). The molecule has 1 fully saturated rings. The van der Waals surface area contributed by atoms with Gasteiger partial charge in [-0.05, 0) is 55.2 Å². The maximum atomic E-state index is 12.9. The molecule has 2 aliphatic heterocycles. The summed E-state index contributed by atoms with van der Waals surface area (Å²) >= 11 is 0. The molecule has 3 heterocycles. The molecular formula is C22H28N4O3S. The Morgan fingerprint density at radius 2 is 1.90 bits per heavy atom. The third-order valence-corrected chi connectivity index (χ3v) is 7.22. The number of benzene rings is 1. The van der Waals surface area contributed by atoms with Crippen LogP contribution in [0.4, 0.5) is 11.5 Å². The van der Waals surface area contributed by atoms with Gasteiger partial charge < -0.3 is 9.80 Å². The molecular weight excluding hydrogens is 400 g/mol. The molecule has 8 heteroatoms. The third-order valence-electron chi connectivity index (χ3n) is 5.87. The Labute approximate surface area is 178 Å². The van der Waals surface area contributed by atoms with E-state index in [1.165, 1.54) is 0 Å². The van der Waals surface area contributed by atoms with Crippen molar-refractivity contribution in [1.29, 1.82) is 0 Å². The zero-order valence-corrected chi connectivity index (χ0v) is 18.5. The quantitative estimate of drug-likeness (QED) is 0.792. The van der Waals surface area contributed by atoms with E-state index in [1.54, 1.807) is 24.4 Å². The minimum absolute atomic E-state index is 0.139. The van der Waals surface area contributed by atoms with Crippen molar-refractivity contribution in [3.05, 3.63) is 47.7 Å². The summed E-state index contributed by atoms with van der Waals surface area (Å²) in [4.78, 5) is 21.0. The fourth-order valence-corrected chi connectivity index (χ4v) is 5.28. The summed E-state index contributed by atoms with van der Waals surface area (Å²) in [7, 11) is -3.76. The lowest BCUT2D eigenvalue weighted by atomic mass is 9.87. The SMILES string of the molecule is Cc1ccc(NS(=O)(=O)c2ccc3c(c2)C(C)(C)CN3CC(=O)N2CCCC2)nc1. The van der Waals surface area contributed by atoms with E-state index in [4.69, 9.17) is 0 Å². The summed E-state index contributed by atoms with van der Waals surface area (Å²) in [5.41, 5.74) is 2.58. The van der Waals surface area contributed by atoms with Crippen LogP contribution in [-0.2, 0) is 20.2 Å². The minimum atomic E-state index is -3.76. The molecule has 0 saturated carbocycles. The Balaban J connectivity index is 1.58. The monoisotopic (exact) mass is 428 g/mol. The second-order valence-electron chi connectivity index (χ2n) is 8.83. The van der Waals surface area contributed by atoms with E-state index in [1.807, 2.05) is 24.0 Å².